The van der Waals surface area contributed by atoms with Gasteiger partial charge in [-0.05, 0) is 44.1 Å². The molecule has 0 spiro atoms. The van der Waals surface area contributed by atoms with Gasteiger partial charge in [0.1, 0.15) is 5.82 Å². The van der Waals surface area contributed by atoms with Gasteiger partial charge in [0, 0.05) is 30.2 Å². The summed E-state index contributed by atoms with van der Waals surface area (Å²) in [5, 5.41) is 3.89. The third kappa shape index (κ3) is 5.09. The Morgan fingerprint density at radius 3 is 2.63 bits per heavy atom. The minimum absolute atomic E-state index is 0.188. The minimum atomic E-state index is -0.188. The number of halogens is 2. The molecule has 0 radical (unpaired) electrons. The quantitative estimate of drug-likeness (QED) is 0.833. The van der Waals surface area contributed by atoms with Gasteiger partial charge in [-0.15, -0.1) is 0 Å². The van der Waals surface area contributed by atoms with E-state index < -0.39 is 0 Å². The fourth-order valence-electron chi connectivity index (χ4n) is 2.50. The first kappa shape index (κ1) is 14.8. The Morgan fingerprint density at radius 1 is 1.16 bits per heavy atom. The van der Waals surface area contributed by atoms with Gasteiger partial charge in [0.05, 0.1) is 0 Å². The van der Waals surface area contributed by atoms with Crippen molar-refractivity contribution in [2.75, 3.05) is 26.2 Å². The van der Waals surface area contributed by atoms with E-state index in [1.54, 1.807) is 12.1 Å². The molecule has 0 atom stereocenters. The van der Waals surface area contributed by atoms with Gasteiger partial charge in [0.15, 0.2) is 0 Å². The van der Waals surface area contributed by atoms with Crippen molar-refractivity contribution in [3.05, 3.63) is 34.6 Å². The van der Waals surface area contributed by atoms with E-state index in [1.165, 1.54) is 44.8 Å². The average Bonchev–Trinajstić information content (AvgIpc) is 2.67. The normalized spacial score (nSPS) is 17.4. The number of likely N-dealkylation sites (tertiary alicyclic amines) is 1. The molecule has 19 heavy (non-hydrogen) atoms. The molecule has 1 aromatic rings. The number of hydrogen-bond acceptors (Lipinski definition) is 2. The summed E-state index contributed by atoms with van der Waals surface area (Å²) >= 11 is 5.87. The summed E-state index contributed by atoms with van der Waals surface area (Å²) in [5.41, 5.74) is 0.642. The lowest BCUT2D eigenvalue weighted by molar-refractivity contribution is 0.284. The molecule has 2 nitrogen and oxygen atoms in total. The predicted octanol–water partition coefficient (Wildman–Crippen LogP) is 3.44. The highest BCUT2D eigenvalue weighted by Gasteiger charge is 2.08. The molecular weight excluding hydrogens is 263 g/mol. The minimum Gasteiger partial charge on any atom is -0.311 e. The van der Waals surface area contributed by atoms with Crippen molar-refractivity contribution in [3.8, 4) is 0 Å². The van der Waals surface area contributed by atoms with Gasteiger partial charge >= 0.3 is 0 Å². The number of nitrogens with one attached hydrogen (secondary N) is 1. The maximum absolute atomic E-state index is 13.5. The Kier molecular flexibility index (Phi) is 6.08. The molecule has 0 amide bonds. The van der Waals surface area contributed by atoms with Crippen LogP contribution in [0.2, 0.25) is 5.02 Å². The van der Waals surface area contributed by atoms with Crippen molar-refractivity contribution >= 4 is 11.6 Å². The fraction of sp³-hybridized carbons (Fsp3) is 0.600. The number of rotatable bonds is 5. The van der Waals surface area contributed by atoms with Crippen LogP contribution in [0.4, 0.5) is 4.39 Å². The van der Waals surface area contributed by atoms with Gasteiger partial charge in [-0.1, -0.05) is 24.4 Å². The second-order valence-corrected chi connectivity index (χ2v) is 5.60. The number of hydrogen-bond donors (Lipinski definition) is 1. The van der Waals surface area contributed by atoms with Crippen LogP contribution < -0.4 is 5.32 Å². The zero-order valence-corrected chi connectivity index (χ0v) is 12.1. The van der Waals surface area contributed by atoms with Crippen LogP contribution in [0, 0.1) is 5.82 Å². The van der Waals surface area contributed by atoms with E-state index >= 15 is 0 Å². The third-order valence-corrected chi connectivity index (χ3v) is 3.86. The SMILES string of the molecule is Fc1ccc(Cl)cc1CNCCN1CCCCCC1. The fourth-order valence-corrected chi connectivity index (χ4v) is 2.69. The highest BCUT2D eigenvalue weighted by molar-refractivity contribution is 6.30. The van der Waals surface area contributed by atoms with Crippen molar-refractivity contribution in [2.24, 2.45) is 0 Å². The van der Waals surface area contributed by atoms with Crippen LogP contribution in [0.1, 0.15) is 31.2 Å². The highest BCUT2D eigenvalue weighted by atomic mass is 35.5. The summed E-state index contributed by atoms with van der Waals surface area (Å²) in [7, 11) is 0. The second kappa shape index (κ2) is 7.83. The summed E-state index contributed by atoms with van der Waals surface area (Å²) < 4.78 is 13.5. The predicted molar refractivity (Wildman–Crippen MR) is 78.0 cm³/mol. The molecule has 1 aliphatic heterocycles. The lowest BCUT2D eigenvalue weighted by Gasteiger charge is -2.19. The first-order valence-electron chi connectivity index (χ1n) is 7.13. The summed E-state index contributed by atoms with van der Waals surface area (Å²) in [6, 6.07) is 4.70. The Morgan fingerprint density at radius 2 is 1.89 bits per heavy atom. The monoisotopic (exact) mass is 284 g/mol. The number of nitrogens with zero attached hydrogens (tertiary/aromatic N) is 1. The molecule has 1 saturated heterocycles. The van der Waals surface area contributed by atoms with Gasteiger partial charge in [-0.25, -0.2) is 4.39 Å². The van der Waals surface area contributed by atoms with Crippen molar-refractivity contribution < 1.29 is 4.39 Å². The highest BCUT2D eigenvalue weighted by Crippen LogP contribution is 2.14. The Labute approximate surface area is 119 Å². The van der Waals surface area contributed by atoms with E-state index in [2.05, 4.69) is 10.2 Å². The lowest BCUT2D eigenvalue weighted by atomic mass is 10.2. The van der Waals surface area contributed by atoms with Gasteiger partial charge in [0.2, 0.25) is 0 Å². The molecule has 0 bridgehead atoms. The van der Waals surface area contributed by atoms with Crippen LogP contribution in [-0.4, -0.2) is 31.1 Å². The molecule has 106 valence electrons. The molecule has 0 aromatic heterocycles. The molecule has 0 aliphatic carbocycles. The zero-order chi connectivity index (χ0) is 13.5. The number of benzene rings is 1. The van der Waals surface area contributed by atoms with E-state index in [0.717, 1.165) is 13.1 Å². The molecule has 1 aliphatic rings. The lowest BCUT2D eigenvalue weighted by Crippen LogP contribution is -2.32. The summed E-state index contributed by atoms with van der Waals surface area (Å²) in [6.45, 7) is 4.88. The van der Waals surface area contributed by atoms with Crippen molar-refractivity contribution in [3.63, 3.8) is 0 Å². The Bertz CT molecular complexity index is 390. The smallest absolute Gasteiger partial charge is 0.127 e. The van der Waals surface area contributed by atoms with Crippen LogP contribution >= 0.6 is 11.6 Å². The average molecular weight is 285 g/mol. The maximum Gasteiger partial charge on any atom is 0.127 e. The Balaban J connectivity index is 1.69. The molecule has 1 heterocycles. The van der Waals surface area contributed by atoms with Crippen LogP contribution in [0.3, 0.4) is 0 Å². The maximum atomic E-state index is 13.5. The molecule has 2 rings (SSSR count). The molecule has 1 N–H and O–H groups in total. The second-order valence-electron chi connectivity index (χ2n) is 5.17. The summed E-state index contributed by atoms with van der Waals surface area (Å²) in [6.07, 6.45) is 5.33. The standard InChI is InChI=1S/C15H22ClFN2/c16-14-5-6-15(17)13(11-14)12-18-7-10-19-8-3-1-2-4-9-19/h5-6,11,18H,1-4,7-10,12H2. The molecule has 1 fully saturated rings. The molecular formula is C15H22ClFN2. The van der Waals surface area contributed by atoms with Gasteiger partial charge in [-0.3, -0.25) is 0 Å². The van der Waals surface area contributed by atoms with Gasteiger partial charge in [0.25, 0.3) is 0 Å². The first-order chi connectivity index (χ1) is 9.25. The molecule has 4 heteroatoms. The largest absolute Gasteiger partial charge is 0.311 e. The van der Waals surface area contributed by atoms with Crippen molar-refractivity contribution in [2.45, 2.75) is 32.2 Å². The van der Waals surface area contributed by atoms with E-state index in [0.29, 0.717) is 17.1 Å². The van der Waals surface area contributed by atoms with Crippen LogP contribution in [0.25, 0.3) is 0 Å². The Hall–Kier alpha value is -0.640. The van der Waals surface area contributed by atoms with Crippen LogP contribution in [0.5, 0.6) is 0 Å². The van der Waals surface area contributed by atoms with E-state index in [-0.39, 0.29) is 5.82 Å². The molecule has 1 aromatic carbocycles. The van der Waals surface area contributed by atoms with E-state index in [1.807, 2.05) is 0 Å². The van der Waals surface area contributed by atoms with Crippen molar-refractivity contribution in [1.29, 1.82) is 0 Å². The molecule has 0 saturated carbocycles. The van der Waals surface area contributed by atoms with Crippen molar-refractivity contribution in [1.82, 2.24) is 10.2 Å². The summed E-state index contributed by atoms with van der Waals surface area (Å²) in [4.78, 5) is 2.49. The molecule has 0 unspecified atom stereocenters. The van der Waals surface area contributed by atoms with Crippen LogP contribution in [0.15, 0.2) is 18.2 Å². The zero-order valence-electron chi connectivity index (χ0n) is 11.3. The van der Waals surface area contributed by atoms with Gasteiger partial charge < -0.3 is 10.2 Å². The van der Waals surface area contributed by atoms with E-state index in [9.17, 15) is 4.39 Å². The van der Waals surface area contributed by atoms with E-state index in [4.69, 9.17) is 11.6 Å². The van der Waals surface area contributed by atoms with Crippen LogP contribution in [-0.2, 0) is 6.54 Å². The topological polar surface area (TPSA) is 15.3 Å². The third-order valence-electron chi connectivity index (χ3n) is 3.63. The first-order valence-corrected chi connectivity index (χ1v) is 7.50. The van der Waals surface area contributed by atoms with Gasteiger partial charge in [-0.2, -0.15) is 0 Å². The summed E-state index contributed by atoms with van der Waals surface area (Å²) in [5.74, 6) is -0.188.